The minimum Gasteiger partial charge on any atom is -0.390 e. The fraction of sp³-hybridized carbons (Fsp3) is 1.00. The van der Waals surface area contributed by atoms with Crippen molar-refractivity contribution < 1.29 is 23.0 Å². The smallest absolute Gasteiger partial charge is 0.390 e. The quantitative estimate of drug-likeness (QED) is 0.593. The number of rotatable bonds is 8. The lowest BCUT2D eigenvalue weighted by molar-refractivity contribution is -0.173. The van der Waals surface area contributed by atoms with Crippen LogP contribution in [0.3, 0.4) is 0 Å². The molecule has 0 aliphatic heterocycles. The van der Waals surface area contributed by atoms with Crippen LogP contribution in [-0.2, 0) is 4.74 Å². The summed E-state index contributed by atoms with van der Waals surface area (Å²) < 4.78 is 39.3. The Bertz CT molecular complexity index is 177. The summed E-state index contributed by atoms with van der Waals surface area (Å²) in [6.45, 7) is -0.104. The molecule has 0 saturated heterocycles. The average Bonchev–Trinajstić information content (AvgIpc) is 2.07. The predicted molar refractivity (Wildman–Crippen MR) is 54.3 cm³/mol. The molecule has 0 spiro atoms. The molecule has 0 aliphatic rings. The largest absolute Gasteiger partial charge is 0.411 e. The molecule has 0 aromatic rings. The second kappa shape index (κ2) is 7.83. The van der Waals surface area contributed by atoms with Crippen molar-refractivity contribution >= 4 is 0 Å². The van der Waals surface area contributed by atoms with Gasteiger partial charge in [0.15, 0.2) is 0 Å². The third-order valence-corrected chi connectivity index (χ3v) is 1.64. The number of hydrogen-bond acceptors (Lipinski definition) is 4. The summed E-state index contributed by atoms with van der Waals surface area (Å²) >= 11 is 0. The van der Waals surface area contributed by atoms with E-state index in [1.165, 1.54) is 0 Å². The molecule has 0 bridgehead atoms. The van der Waals surface area contributed by atoms with Gasteiger partial charge >= 0.3 is 6.18 Å². The predicted octanol–water partition coefficient (Wildman–Crippen LogP) is 0.0774. The van der Waals surface area contributed by atoms with Crippen LogP contribution in [-0.4, -0.2) is 69.2 Å². The Morgan fingerprint density at radius 3 is 2.50 bits per heavy atom. The van der Waals surface area contributed by atoms with Crippen LogP contribution in [0.15, 0.2) is 0 Å². The van der Waals surface area contributed by atoms with E-state index in [0.717, 1.165) is 0 Å². The molecule has 1 atom stereocenters. The fourth-order valence-electron chi connectivity index (χ4n) is 1.09. The van der Waals surface area contributed by atoms with E-state index in [1.807, 2.05) is 19.0 Å². The summed E-state index contributed by atoms with van der Waals surface area (Å²) in [5, 5.41) is 12.2. The van der Waals surface area contributed by atoms with Gasteiger partial charge in [0, 0.05) is 19.6 Å². The molecule has 0 rings (SSSR count). The van der Waals surface area contributed by atoms with Crippen molar-refractivity contribution in [3.63, 3.8) is 0 Å². The van der Waals surface area contributed by atoms with Gasteiger partial charge in [0.25, 0.3) is 0 Å². The first-order valence-corrected chi connectivity index (χ1v) is 4.99. The van der Waals surface area contributed by atoms with Crippen molar-refractivity contribution in [1.29, 1.82) is 0 Å². The Labute approximate surface area is 93.4 Å². The number of alkyl halides is 3. The van der Waals surface area contributed by atoms with E-state index < -0.39 is 18.9 Å². The van der Waals surface area contributed by atoms with E-state index in [1.54, 1.807) is 0 Å². The molecule has 0 radical (unpaired) electrons. The highest BCUT2D eigenvalue weighted by atomic mass is 19.4. The lowest BCUT2D eigenvalue weighted by atomic mass is 10.3. The Morgan fingerprint density at radius 2 is 2.00 bits per heavy atom. The summed E-state index contributed by atoms with van der Waals surface area (Å²) in [6, 6.07) is 0. The summed E-state index contributed by atoms with van der Waals surface area (Å²) in [6.07, 6.45) is -4.80. The van der Waals surface area contributed by atoms with Crippen LogP contribution in [0.25, 0.3) is 0 Å². The van der Waals surface area contributed by atoms with E-state index in [2.05, 4.69) is 10.1 Å². The number of aliphatic hydroxyl groups excluding tert-OH is 1. The van der Waals surface area contributed by atoms with Gasteiger partial charge in [0.1, 0.15) is 6.61 Å². The minimum atomic E-state index is -4.27. The van der Waals surface area contributed by atoms with E-state index >= 15 is 0 Å². The van der Waals surface area contributed by atoms with Crippen molar-refractivity contribution in [2.45, 2.75) is 12.3 Å². The zero-order valence-electron chi connectivity index (χ0n) is 9.55. The van der Waals surface area contributed by atoms with Crippen LogP contribution in [0.4, 0.5) is 13.2 Å². The van der Waals surface area contributed by atoms with Crippen LogP contribution in [0.1, 0.15) is 0 Å². The summed E-state index contributed by atoms with van der Waals surface area (Å²) in [5.41, 5.74) is 0. The molecule has 0 saturated carbocycles. The van der Waals surface area contributed by atoms with Gasteiger partial charge in [0.2, 0.25) is 0 Å². The highest BCUT2D eigenvalue weighted by molar-refractivity contribution is 4.61. The van der Waals surface area contributed by atoms with Gasteiger partial charge in [-0.05, 0) is 14.1 Å². The van der Waals surface area contributed by atoms with Crippen molar-refractivity contribution in [2.75, 3.05) is 46.9 Å². The average molecular weight is 244 g/mol. The second-order valence-corrected chi connectivity index (χ2v) is 3.79. The number of likely N-dealkylation sites (N-methyl/N-ethyl adjacent to an activating group) is 1. The summed E-state index contributed by atoms with van der Waals surface area (Å²) in [7, 11) is 3.66. The van der Waals surface area contributed by atoms with Crippen molar-refractivity contribution in [3.05, 3.63) is 0 Å². The maximum atomic E-state index is 11.6. The highest BCUT2D eigenvalue weighted by Gasteiger charge is 2.27. The zero-order chi connectivity index (χ0) is 12.6. The molecule has 0 aromatic carbocycles. The van der Waals surface area contributed by atoms with Crippen LogP contribution in [0, 0.1) is 0 Å². The molecule has 16 heavy (non-hydrogen) atoms. The van der Waals surface area contributed by atoms with Gasteiger partial charge in [-0.15, -0.1) is 0 Å². The van der Waals surface area contributed by atoms with Crippen molar-refractivity contribution in [3.8, 4) is 0 Å². The Morgan fingerprint density at radius 1 is 1.38 bits per heavy atom. The highest BCUT2D eigenvalue weighted by Crippen LogP contribution is 2.13. The molecule has 0 amide bonds. The van der Waals surface area contributed by atoms with Crippen LogP contribution >= 0.6 is 0 Å². The fourth-order valence-corrected chi connectivity index (χ4v) is 1.09. The molecule has 0 fully saturated rings. The molecule has 0 aliphatic carbocycles. The SMILES string of the molecule is CN(C)CC(O)CNCCOCC(F)(F)F. The molecule has 4 nitrogen and oxygen atoms in total. The van der Waals surface area contributed by atoms with E-state index in [9.17, 15) is 18.3 Å². The number of aliphatic hydroxyl groups is 1. The third kappa shape index (κ3) is 11.7. The second-order valence-electron chi connectivity index (χ2n) is 3.79. The van der Waals surface area contributed by atoms with Gasteiger partial charge in [0.05, 0.1) is 12.7 Å². The first kappa shape index (κ1) is 15.6. The molecular formula is C9H19F3N2O2. The molecule has 2 N–H and O–H groups in total. The number of nitrogens with zero attached hydrogens (tertiary/aromatic N) is 1. The number of nitrogens with one attached hydrogen (secondary N) is 1. The molecule has 1 unspecified atom stereocenters. The van der Waals surface area contributed by atoms with Crippen molar-refractivity contribution in [2.24, 2.45) is 0 Å². The van der Waals surface area contributed by atoms with Crippen LogP contribution in [0.2, 0.25) is 0 Å². The van der Waals surface area contributed by atoms with Gasteiger partial charge in [-0.3, -0.25) is 0 Å². The van der Waals surface area contributed by atoms with Gasteiger partial charge in [-0.2, -0.15) is 13.2 Å². The third-order valence-electron chi connectivity index (χ3n) is 1.64. The molecule has 0 aromatic heterocycles. The summed E-state index contributed by atoms with van der Waals surface area (Å²) in [5.74, 6) is 0. The number of ether oxygens (including phenoxy) is 1. The van der Waals surface area contributed by atoms with Gasteiger partial charge < -0.3 is 20.1 Å². The first-order valence-electron chi connectivity index (χ1n) is 4.99. The van der Waals surface area contributed by atoms with E-state index in [-0.39, 0.29) is 6.61 Å². The lowest BCUT2D eigenvalue weighted by Crippen LogP contribution is -2.36. The maximum absolute atomic E-state index is 11.6. The van der Waals surface area contributed by atoms with Crippen LogP contribution < -0.4 is 5.32 Å². The minimum absolute atomic E-state index is 0.0196. The Kier molecular flexibility index (Phi) is 7.65. The van der Waals surface area contributed by atoms with Crippen molar-refractivity contribution in [1.82, 2.24) is 10.2 Å². The molecule has 7 heteroatoms. The van der Waals surface area contributed by atoms with Gasteiger partial charge in [-0.1, -0.05) is 0 Å². The normalized spacial score (nSPS) is 14.4. The van der Waals surface area contributed by atoms with Crippen LogP contribution in [0.5, 0.6) is 0 Å². The Hall–Kier alpha value is -0.370. The standard InChI is InChI=1S/C9H19F3N2O2/c1-14(2)6-8(15)5-13-3-4-16-7-9(10,11)12/h8,13,15H,3-7H2,1-2H3. The molecule has 0 heterocycles. The number of hydrogen-bond donors (Lipinski definition) is 2. The number of halogens is 3. The monoisotopic (exact) mass is 244 g/mol. The zero-order valence-corrected chi connectivity index (χ0v) is 9.55. The summed E-state index contributed by atoms with van der Waals surface area (Å²) in [4.78, 5) is 1.83. The topological polar surface area (TPSA) is 44.7 Å². The first-order chi connectivity index (χ1) is 7.31. The van der Waals surface area contributed by atoms with E-state index in [0.29, 0.717) is 19.6 Å². The maximum Gasteiger partial charge on any atom is 0.411 e. The molecule has 98 valence electrons. The van der Waals surface area contributed by atoms with E-state index in [4.69, 9.17) is 0 Å². The van der Waals surface area contributed by atoms with Gasteiger partial charge in [-0.25, -0.2) is 0 Å². The lowest BCUT2D eigenvalue weighted by Gasteiger charge is -2.16. The molecular weight excluding hydrogens is 225 g/mol. The Balaban J connectivity index is 3.27.